The Morgan fingerprint density at radius 1 is 1.00 bits per heavy atom. The molecule has 1 amide bonds. The maximum atomic E-state index is 13.4. The number of piperidine rings is 1. The lowest BCUT2D eigenvalue weighted by molar-refractivity contribution is 0.0511. The van der Waals surface area contributed by atoms with Crippen LogP contribution in [0.2, 0.25) is 0 Å². The summed E-state index contributed by atoms with van der Waals surface area (Å²) < 4.78 is 0. The molecule has 0 bridgehead atoms. The minimum absolute atomic E-state index is 0.0746. The molecule has 1 aliphatic heterocycles. The third-order valence-electron chi connectivity index (χ3n) is 5.53. The number of amides is 1. The van der Waals surface area contributed by atoms with Gasteiger partial charge in [0, 0.05) is 34.3 Å². The number of rotatable bonds is 1. The predicted molar refractivity (Wildman–Crippen MR) is 98.2 cm³/mol. The first kappa shape index (κ1) is 15.9. The van der Waals surface area contributed by atoms with Crippen LogP contribution in [0.3, 0.4) is 0 Å². The third-order valence-corrected chi connectivity index (χ3v) is 5.53. The molecule has 0 radical (unpaired) electrons. The molecule has 2 aromatic rings. The van der Waals surface area contributed by atoms with Crippen molar-refractivity contribution in [2.24, 2.45) is 5.16 Å². The van der Waals surface area contributed by atoms with Crippen LogP contribution in [-0.4, -0.2) is 33.8 Å². The van der Waals surface area contributed by atoms with Gasteiger partial charge in [0.25, 0.3) is 5.91 Å². The van der Waals surface area contributed by atoms with Gasteiger partial charge < -0.3 is 10.1 Å². The van der Waals surface area contributed by atoms with Crippen LogP contribution in [0.4, 0.5) is 0 Å². The average molecular weight is 334 g/mol. The molecule has 1 N–H and O–H groups in total. The van der Waals surface area contributed by atoms with Crippen molar-refractivity contribution >= 4 is 11.6 Å². The maximum absolute atomic E-state index is 13.4. The molecule has 128 valence electrons. The molecule has 0 saturated carbocycles. The van der Waals surface area contributed by atoms with E-state index in [0.717, 1.165) is 35.1 Å². The van der Waals surface area contributed by atoms with Crippen molar-refractivity contribution in [3.05, 3.63) is 59.2 Å². The molecular weight excluding hydrogens is 312 g/mol. The minimum Gasteiger partial charge on any atom is -0.410 e. The summed E-state index contributed by atoms with van der Waals surface area (Å²) in [5.41, 5.74) is 4.79. The topological polar surface area (TPSA) is 52.9 Å². The fourth-order valence-corrected chi connectivity index (χ4v) is 4.34. The number of oxime groups is 1. The van der Waals surface area contributed by atoms with Crippen LogP contribution in [0.15, 0.2) is 47.6 Å². The Morgan fingerprint density at radius 3 is 2.32 bits per heavy atom. The van der Waals surface area contributed by atoms with E-state index < -0.39 is 0 Å². The second kappa shape index (κ2) is 6.03. The van der Waals surface area contributed by atoms with E-state index in [9.17, 15) is 10.0 Å². The molecular formula is C21H22N2O2. The normalized spacial score (nSPS) is 23.4. The largest absolute Gasteiger partial charge is 0.410 e. The SMILES string of the molecule is C[C@@H]1CCC[C@H](C)N1C(=O)c1cccc2c1-c1ccccc1/C2=N\O. The van der Waals surface area contributed by atoms with E-state index in [1.807, 2.05) is 47.4 Å². The van der Waals surface area contributed by atoms with Crippen molar-refractivity contribution in [2.75, 3.05) is 0 Å². The third kappa shape index (κ3) is 2.36. The fourth-order valence-electron chi connectivity index (χ4n) is 4.34. The second-order valence-electron chi connectivity index (χ2n) is 7.06. The molecule has 25 heavy (non-hydrogen) atoms. The van der Waals surface area contributed by atoms with Gasteiger partial charge in [0.05, 0.1) is 0 Å². The summed E-state index contributed by atoms with van der Waals surface area (Å²) in [6, 6.07) is 14.0. The van der Waals surface area contributed by atoms with E-state index in [4.69, 9.17) is 0 Å². The summed E-state index contributed by atoms with van der Waals surface area (Å²) in [6.45, 7) is 4.26. The fraction of sp³-hybridized carbons (Fsp3) is 0.333. The van der Waals surface area contributed by atoms with E-state index in [1.54, 1.807) is 0 Å². The van der Waals surface area contributed by atoms with Gasteiger partial charge in [0.2, 0.25) is 0 Å². The van der Waals surface area contributed by atoms with Crippen LogP contribution < -0.4 is 0 Å². The monoisotopic (exact) mass is 334 g/mol. The van der Waals surface area contributed by atoms with Gasteiger partial charge in [-0.05, 0) is 44.7 Å². The van der Waals surface area contributed by atoms with Crippen molar-refractivity contribution in [3.63, 3.8) is 0 Å². The van der Waals surface area contributed by atoms with E-state index in [0.29, 0.717) is 11.3 Å². The molecule has 4 heteroatoms. The van der Waals surface area contributed by atoms with E-state index >= 15 is 0 Å². The average Bonchev–Trinajstić information content (AvgIpc) is 2.95. The zero-order chi connectivity index (χ0) is 17.6. The van der Waals surface area contributed by atoms with Crippen LogP contribution in [0, 0.1) is 0 Å². The molecule has 4 nitrogen and oxygen atoms in total. The van der Waals surface area contributed by atoms with E-state index in [-0.39, 0.29) is 18.0 Å². The molecule has 0 spiro atoms. The predicted octanol–water partition coefficient (Wildman–Crippen LogP) is 4.30. The van der Waals surface area contributed by atoms with Crippen LogP contribution >= 0.6 is 0 Å². The minimum atomic E-state index is 0.0746. The molecule has 0 aromatic heterocycles. The Bertz CT molecular complexity index is 862. The summed E-state index contributed by atoms with van der Waals surface area (Å²) in [6.07, 6.45) is 3.26. The number of carbonyl (C=O) groups is 1. The first-order valence-electron chi connectivity index (χ1n) is 8.91. The summed E-state index contributed by atoms with van der Waals surface area (Å²) in [5.74, 6) is 0.0746. The lowest BCUT2D eigenvalue weighted by Crippen LogP contribution is -2.47. The summed E-state index contributed by atoms with van der Waals surface area (Å²) in [5, 5.41) is 13.0. The summed E-state index contributed by atoms with van der Waals surface area (Å²) in [7, 11) is 0. The van der Waals surface area contributed by atoms with Crippen molar-refractivity contribution in [1.29, 1.82) is 0 Å². The summed E-state index contributed by atoms with van der Waals surface area (Å²) >= 11 is 0. The number of likely N-dealkylation sites (tertiary alicyclic amines) is 1. The van der Waals surface area contributed by atoms with Gasteiger partial charge in [0.1, 0.15) is 5.71 Å². The number of benzene rings is 2. The zero-order valence-corrected chi connectivity index (χ0v) is 14.6. The van der Waals surface area contributed by atoms with Crippen LogP contribution in [0.5, 0.6) is 0 Å². The number of hydrogen-bond donors (Lipinski definition) is 1. The Labute approximate surface area is 147 Å². The van der Waals surface area contributed by atoms with Gasteiger partial charge in [-0.15, -0.1) is 0 Å². The highest BCUT2D eigenvalue weighted by molar-refractivity contribution is 6.26. The van der Waals surface area contributed by atoms with Gasteiger partial charge >= 0.3 is 0 Å². The van der Waals surface area contributed by atoms with Crippen molar-refractivity contribution in [2.45, 2.75) is 45.2 Å². The van der Waals surface area contributed by atoms with Crippen LogP contribution in [-0.2, 0) is 0 Å². The lowest BCUT2D eigenvalue weighted by atomic mass is 9.93. The van der Waals surface area contributed by atoms with Gasteiger partial charge in [-0.2, -0.15) is 0 Å². The van der Waals surface area contributed by atoms with E-state index in [2.05, 4.69) is 19.0 Å². The van der Waals surface area contributed by atoms with Gasteiger partial charge in [-0.1, -0.05) is 41.6 Å². The Balaban J connectivity index is 1.87. The summed E-state index contributed by atoms with van der Waals surface area (Å²) in [4.78, 5) is 15.4. The number of nitrogens with zero attached hydrogens (tertiary/aromatic N) is 2. The Hall–Kier alpha value is -2.62. The molecule has 1 saturated heterocycles. The Morgan fingerprint density at radius 2 is 1.64 bits per heavy atom. The standard InChI is InChI=1S/C21H22N2O2/c1-13-7-5-8-14(2)23(13)21(24)18-12-6-11-17-19(18)15-9-3-4-10-16(15)20(17)22-25/h3-4,6,9-14,25H,5,7-8H2,1-2H3/b22-20+/t13-,14+. The van der Waals surface area contributed by atoms with Crippen molar-refractivity contribution in [3.8, 4) is 11.1 Å². The molecule has 2 aliphatic rings. The maximum Gasteiger partial charge on any atom is 0.254 e. The van der Waals surface area contributed by atoms with Gasteiger partial charge in [0.15, 0.2) is 0 Å². The van der Waals surface area contributed by atoms with E-state index in [1.165, 1.54) is 6.42 Å². The zero-order valence-electron chi connectivity index (χ0n) is 14.6. The highest BCUT2D eigenvalue weighted by atomic mass is 16.4. The van der Waals surface area contributed by atoms with Crippen LogP contribution in [0.1, 0.15) is 54.6 Å². The highest BCUT2D eigenvalue weighted by Crippen LogP contribution is 2.40. The lowest BCUT2D eigenvalue weighted by Gasteiger charge is -2.39. The molecule has 1 aliphatic carbocycles. The van der Waals surface area contributed by atoms with Crippen molar-refractivity contribution in [1.82, 2.24) is 4.90 Å². The Kier molecular flexibility index (Phi) is 3.83. The second-order valence-corrected chi connectivity index (χ2v) is 7.06. The van der Waals surface area contributed by atoms with Gasteiger partial charge in [-0.3, -0.25) is 4.79 Å². The molecule has 1 heterocycles. The number of carbonyl (C=O) groups excluding carboxylic acids is 1. The highest BCUT2D eigenvalue weighted by Gasteiger charge is 2.34. The molecule has 2 aromatic carbocycles. The molecule has 4 rings (SSSR count). The van der Waals surface area contributed by atoms with Crippen molar-refractivity contribution < 1.29 is 10.0 Å². The van der Waals surface area contributed by atoms with Gasteiger partial charge in [-0.25, -0.2) is 0 Å². The van der Waals surface area contributed by atoms with Crippen LogP contribution in [0.25, 0.3) is 11.1 Å². The first-order valence-corrected chi connectivity index (χ1v) is 8.91. The molecule has 2 atom stereocenters. The quantitative estimate of drug-likeness (QED) is 0.533. The first-order chi connectivity index (χ1) is 12.1. The molecule has 1 fully saturated rings. The molecule has 0 unspecified atom stereocenters. The number of hydrogen-bond acceptors (Lipinski definition) is 3. The smallest absolute Gasteiger partial charge is 0.254 e. The number of fused-ring (bicyclic) bond motifs is 3.